The maximum Gasteiger partial charge on any atom is 0.226 e. The Morgan fingerprint density at radius 3 is 2.67 bits per heavy atom. The van der Waals surface area contributed by atoms with Gasteiger partial charge in [0, 0.05) is 22.6 Å². The zero-order valence-electron chi connectivity index (χ0n) is 9.34. The average molecular weight is 352 g/mol. The summed E-state index contributed by atoms with van der Waals surface area (Å²) in [5.74, 6) is 4.37. The minimum Gasteiger partial charge on any atom is -0.464 e. The number of hydrogen-bond acceptors (Lipinski definition) is 4. The van der Waals surface area contributed by atoms with E-state index in [1.807, 2.05) is 52.9 Å². The van der Waals surface area contributed by atoms with E-state index in [-0.39, 0.29) is 0 Å². The molecule has 0 saturated heterocycles. The number of halogens is 1. The molecule has 4 nitrogen and oxygen atoms in total. The largest absolute Gasteiger partial charge is 0.464 e. The molecule has 0 fully saturated rings. The molecule has 0 spiro atoms. The van der Waals surface area contributed by atoms with Crippen molar-refractivity contribution in [3.8, 4) is 27.4 Å². The van der Waals surface area contributed by atoms with Crippen LogP contribution < -0.4 is 9.47 Å². The van der Waals surface area contributed by atoms with Gasteiger partial charge in [-0.05, 0) is 16.1 Å². The summed E-state index contributed by atoms with van der Waals surface area (Å²) < 4.78 is 13.6. The van der Waals surface area contributed by atoms with Crippen molar-refractivity contribution in [2.45, 2.75) is 0 Å². The van der Waals surface area contributed by atoms with Gasteiger partial charge in [-0.2, -0.15) is 0 Å². The smallest absolute Gasteiger partial charge is 0.226 e. The second-order valence-electron chi connectivity index (χ2n) is 3.17. The van der Waals surface area contributed by atoms with E-state index in [1.165, 1.54) is 6.33 Å². The third-order valence-electron chi connectivity index (χ3n) is 1.94. The van der Waals surface area contributed by atoms with Crippen molar-refractivity contribution < 1.29 is 9.47 Å². The third-order valence-corrected chi connectivity index (χ3v) is 2.32. The number of rotatable bonds is 4. The van der Waals surface area contributed by atoms with Gasteiger partial charge >= 0.3 is 0 Å². The Labute approximate surface area is 119 Å². The van der Waals surface area contributed by atoms with E-state index in [1.54, 1.807) is 6.07 Å². The number of benzene rings is 1. The first-order chi connectivity index (χ1) is 8.88. The van der Waals surface area contributed by atoms with Crippen molar-refractivity contribution in [1.29, 1.82) is 0 Å². The number of hydrogen-bond donors (Lipinski definition) is 0. The molecule has 0 atom stereocenters. The highest BCUT2D eigenvalue weighted by Crippen LogP contribution is 2.20. The Morgan fingerprint density at radius 1 is 1.11 bits per heavy atom. The summed E-state index contributed by atoms with van der Waals surface area (Å²) in [7, 11) is 0. The Hall–Kier alpha value is -1.81. The zero-order valence-corrected chi connectivity index (χ0v) is 11.5. The lowest BCUT2D eigenvalue weighted by atomic mass is 10.3. The molecular weight excluding hydrogens is 343 g/mol. The Bertz CT molecular complexity index is 564. The van der Waals surface area contributed by atoms with Crippen molar-refractivity contribution in [1.82, 2.24) is 9.97 Å². The molecule has 2 aromatic rings. The molecule has 0 aliphatic heterocycles. The van der Waals surface area contributed by atoms with Gasteiger partial charge in [-0.15, -0.1) is 0 Å². The number of aromatic nitrogens is 2. The highest BCUT2D eigenvalue weighted by Gasteiger charge is 2.01. The third kappa shape index (κ3) is 3.89. The number of nitrogens with zero attached hydrogens (tertiary/aromatic N) is 2. The van der Waals surface area contributed by atoms with Crippen LogP contribution in [-0.4, -0.2) is 16.6 Å². The number of para-hydroxylation sites is 1. The van der Waals surface area contributed by atoms with Crippen LogP contribution in [0.15, 0.2) is 42.7 Å². The summed E-state index contributed by atoms with van der Waals surface area (Å²) in [6.45, 7) is 0.296. The molecule has 5 heteroatoms. The monoisotopic (exact) mass is 352 g/mol. The molecule has 2 rings (SSSR count). The SMILES string of the molecule is IC#CCOc1cc(Oc2ccccc2)ncn1. The van der Waals surface area contributed by atoms with Crippen LogP contribution in [0.5, 0.6) is 17.5 Å². The van der Waals surface area contributed by atoms with Gasteiger partial charge in [0.25, 0.3) is 0 Å². The van der Waals surface area contributed by atoms with E-state index in [0.29, 0.717) is 24.1 Å². The predicted octanol–water partition coefficient (Wildman–Crippen LogP) is 3.04. The Kier molecular flexibility index (Phi) is 4.78. The predicted molar refractivity (Wildman–Crippen MR) is 75.8 cm³/mol. The van der Waals surface area contributed by atoms with Gasteiger partial charge in [-0.25, -0.2) is 9.97 Å². The fraction of sp³-hybridized carbons (Fsp3) is 0.0769. The van der Waals surface area contributed by atoms with Gasteiger partial charge in [0.2, 0.25) is 11.8 Å². The molecule has 1 aromatic carbocycles. The maximum absolute atomic E-state index is 5.56. The minimum atomic E-state index is 0.296. The van der Waals surface area contributed by atoms with Crippen molar-refractivity contribution in [2.24, 2.45) is 0 Å². The van der Waals surface area contributed by atoms with Crippen LogP contribution >= 0.6 is 22.6 Å². The summed E-state index contributed by atoms with van der Waals surface area (Å²) >= 11 is 1.95. The lowest BCUT2D eigenvalue weighted by Crippen LogP contribution is -1.97. The summed E-state index contributed by atoms with van der Waals surface area (Å²) in [6.07, 6.45) is 1.39. The van der Waals surface area contributed by atoms with Crippen molar-refractivity contribution in [3.63, 3.8) is 0 Å². The van der Waals surface area contributed by atoms with Crippen LogP contribution in [0.25, 0.3) is 0 Å². The first-order valence-electron chi connectivity index (χ1n) is 5.15. The van der Waals surface area contributed by atoms with Crippen molar-refractivity contribution >= 4 is 22.6 Å². The van der Waals surface area contributed by atoms with Crippen LogP contribution in [0.3, 0.4) is 0 Å². The molecule has 0 aliphatic carbocycles. The summed E-state index contributed by atoms with van der Waals surface area (Å²) in [4.78, 5) is 7.98. The highest BCUT2D eigenvalue weighted by atomic mass is 127. The fourth-order valence-electron chi connectivity index (χ4n) is 1.20. The topological polar surface area (TPSA) is 44.2 Å². The number of ether oxygens (including phenoxy) is 2. The summed E-state index contributed by atoms with van der Waals surface area (Å²) in [5, 5.41) is 0. The first kappa shape index (κ1) is 12.6. The highest BCUT2D eigenvalue weighted by molar-refractivity contribution is 14.1. The molecule has 90 valence electrons. The van der Waals surface area contributed by atoms with Crippen molar-refractivity contribution in [3.05, 3.63) is 42.7 Å². The van der Waals surface area contributed by atoms with Crippen LogP contribution in [-0.2, 0) is 0 Å². The molecule has 0 unspecified atom stereocenters. The molecular formula is C13H9IN2O2. The molecule has 0 N–H and O–H groups in total. The van der Waals surface area contributed by atoms with Gasteiger partial charge in [0.15, 0.2) is 6.61 Å². The molecule has 0 radical (unpaired) electrons. The molecule has 0 bridgehead atoms. The van der Waals surface area contributed by atoms with Crippen LogP contribution in [0, 0.1) is 9.85 Å². The molecule has 1 heterocycles. The van der Waals surface area contributed by atoms with E-state index >= 15 is 0 Å². The van der Waals surface area contributed by atoms with Crippen molar-refractivity contribution in [2.75, 3.05) is 6.61 Å². The Morgan fingerprint density at radius 2 is 1.89 bits per heavy atom. The fourth-order valence-corrected chi connectivity index (χ4v) is 1.36. The lowest BCUT2D eigenvalue weighted by molar-refractivity contribution is 0.350. The molecule has 18 heavy (non-hydrogen) atoms. The molecule has 0 aliphatic rings. The van der Waals surface area contributed by atoms with Crippen LogP contribution in [0.4, 0.5) is 0 Å². The lowest BCUT2D eigenvalue weighted by Gasteiger charge is -2.05. The van der Waals surface area contributed by atoms with Crippen LogP contribution in [0.2, 0.25) is 0 Å². The van der Waals surface area contributed by atoms with Crippen LogP contribution in [0.1, 0.15) is 0 Å². The second kappa shape index (κ2) is 6.81. The van der Waals surface area contributed by atoms with Gasteiger partial charge in [-0.3, -0.25) is 0 Å². The minimum absolute atomic E-state index is 0.296. The normalized spacial score (nSPS) is 9.17. The van der Waals surface area contributed by atoms with E-state index in [0.717, 1.165) is 0 Å². The van der Waals surface area contributed by atoms with Gasteiger partial charge in [-0.1, -0.05) is 24.1 Å². The molecule has 0 amide bonds. The van der Waals surface area contributed by atoms with E-state index in [2.05, 4.69) is 19.8 Å². The molecule has 1 aromatic heterocycles. The average Bonchev–Trinajstić information content (AvgIpc) is 2.41. The second-order valence-corrected chi connectivity index (χ2v) is 3.71. The van der Waals surface area contributed by atoms with Gasteiger partial charge in [0.05, 0.1) is 6.07 Å². The Balaban J connectivity index is 2.04. The van der Waals surface area contributed by atoms with E-state index in [9.17, 15) is 0 Å². The standard InChI is InChI=1S/C13H9IN2O2/c14-7-4-8-17-12-9-13(16-10-15-12)18-11-5-2-1-3-6-11/h1-3,5-6,9-10H,8H2. The molecule has 0 saturated carbocycles. The summed E-state index contributed by atoms with van der Waals surface area (Å²) in [5.41, 5.74) is 0. The maximum atomic E-state index is 5.56. The summed E-state index contributed by atoms with van der Waals surface area (Å²) in [6, 6.07) is 11.0. The van der Waals surface area contributed by atoms with E-state index < -0.39 is 0 Å². The van der Waals surface area contributed by atoms with E-state index in [4.69, 9.17) is 9.47 Å². The van der Waals surface area contributed by atoms with Gasteiger partial charge in [0.1, 0.15) is 12.1 Å². The zero-order chi connectivity index (χ0) is 12.6. The quantitative estimate of drug-likeness (QED) is 0.627. The first-order valence-corrected chi connectivity index (χ1v) is 6.22. The van der Waals surface area contributed by atoms with Gasteiger partial charge < -0.3 is 9.47 Å².